The summed E-state index contributed by atoms with van der Waals surface area (Å²) in [6.07, 6.45) is 0.405. The van der Waals surface area contributed by atoms with E-state index in [9.17, 15) is 4.39 Å². The molecule has 0 aliphatic heterocycles. The number of alkyl halides is 1. The molecule has 1 unspecified atom stereocenters. The minimum absolute atomic E-state index is 0.530. The number of aliphatic hydroxyl groups is 1. The molecule has 0 fully saturated rings. The van der Waals surface area contributed by atoms with E-state index < -0.39 is 12.8 Å². The second-order valence-electron chi connectivity index (χ2n) is 2.10. The molecule has 0 aliphatic carbocycles. The van der Waals surface area contributed by atoms with Crippen molar-refractivity contribution in [2.24, 2.45) is 0 Å². The van der Waals surface area contributed by atoms with Crippen molar-refractivity contribution in [1.29, 1.82) is 0 Å². The van der Waals surface area contributed by atoms with Gasteiger partial charge in [0, 0.05) is 5.56 Å². The predicted molar refractivity (Wildman–Crippen MR) is 34.4 cm³/mol. The summed E-state index contributed by atoms with van der Waals surface area (Å²) < 4.78 is 16.7. The molecule has 0 radical (unpaired) electrons. The Balaban J connectivity index is 2.82. The molecule has 1 atom stereocenters. The highest BCUT2D eigenvalue weighted by atomic mass is 19.1. The summed E-state index contributed by atoms with van der Waals surface area (Å²) in [5, 5.41) is 8.96. The van der Waals surface area contributed by atoms with Gasteiger partial charge in [-0.15, -0.1) is 0 Å². The van der Waals surface area contributed by atoms with E-state index in [-0.39, 0.29) is 0 Å². The van der Waals surface area contributed by atoms with Crippen LogP contribution in [0.2, 0.25) is 0 Å². The van der Waals surface area contributed by atoms with Crippen LogP contribution in [0.5, 0.6) is 0 Å². The number of furan rings is 1. The lowest BCUT2D eigenvalue weighted by Gasteiger charge is -2.01. The lowest BCUT2D eigenvalue weighted by Crippen LogP contribution is -1.98. The average Bonchev–Trinajstić information content (AvgIpc) is 2.34. The van der Waals surface area contributed by atoms with Gasteiger partial charge in [-0.1, -0.05) is 0 Å². The van der Waals surface area contributed by atoms with Gasteiger partial charge in [0.2, 0.25) is 0 Å². The standard InChI is InChI=1S/C7H9FO2/c1-5-6(2-3-10-5)7(9)4-8/h2-3,7,9H,4H2,1H3. The maximum absolute atomic E-state index is 11.8. The Kier molecular flexibility index (Phi) is 2.06. The van der Waals surface area contributed by atoms with Gasteiger partial charge in [0.1, 0.15) is 18.5 Å². The summed E-state index contributed by atoms with van der Waals surface area (Å²) in [6.45, 7) is 0.925. The molecule has 0 saturated carbocycles. The number of rotatable bonds is 2. The van der Waals surface area contributed by atoms with Crippen LogP contribution in [0.25, 0.3) is 0 Å². The maximum atomic E-state index is 11.8. The first-order chi connectivity index (χ1) is 4.75. The fraction of sp³-hybridized carbons (Fsp3) is 0.429. The van der Waals surface area contributed by atoms with Crippen LogP contribution in [-0.2, 0) is 0 Å². The quantitative estimate of drug-likeness (QED) is 0.683. The molecule has 1 rings (SSSR count). The first kappa shape index (κ1) is 7.28. The zero-order valence-corrected chi connectivity index (χ0v) is 5.67. The third-order valence-electron chi connectivity index (χ3n) is 1.40. The summed E-state index contributed by atoms with van der Waals surface area (Å²) >= 11 is 0. The van der Waals surface area contributed by atoms with Crippen molar-refractivity contribution in [3.63, 3.8) is 0 Å². The summed E-state index contributed by atoms with van der Waals surface area (Å²) in [5.41, 5.74) is 0.530. The minimum atomic E-state index is -1.03. The molecular weight excluding hydrogens is 135 g/mol. The number of aryl methyl sites for hydroxylation is 1. The van der Waals surface area contributed by atoms with E-state index in [1.807, 2.05) is 0 Å². The molecule has 0 spiro atoms. The fourth-order valence-corrected chi connectivity index (χ4v) is 0.824. The van der Waals surface area contributed by atoms with Crippen molar-refractivity contribution in [3.8, 4) is 0 Å². The predicted octanol–water partition coefficient (Wildman–Crippen LogP) is 1.59. The fourth-order valence-electron chi connectivity index (χ4n) is 0.824. The lowest BCUT2D eigenvalue weighted by atomic mass is 10.2. The van der Waals surface area contributed by atoms with E-state index in [4.69, 9.17) is 9.52 Å². The van der Waals surface area contributed by atoms with Crippen LogP contribution in [-0.4, -0.2) is 11.8 Å². The van der Waals surface area contributed by atoms with Crippen LogP contribution in [0.4, 0.5) is 4.39 Å². The molecule has 1 aromatic heterocycles. The van der Waals surface area contributed by atoms with Crippen molar-refractivity contribution >= 4 is 0 Å². The average molecular weight is 144 g/mol. The SMILES string of the molecule is Cc1occc1C(O)CF. The van der Waals surface area contributed by atoms with Gasteiger partial charge >= 0.3 is 0 Å². The smallest absolute Gasteiger partial charge is 0.120 e. The Hall–Kier alpha value is -0.830. The Bertz CT molecular complexity index is 207. The second kappa shape index (κ2) is 2.84. The highest BCUT2D eigenvalue weighted by Crippen LogP contribution is 2.18. The van der Waals surface area contributed by atoms with E-state index in [1.165, 1.54) is 6.26 Å². The molecule has 2 nitrogen and oxygen atoms in total. The van der Waals surface area contributed by atoms with Crippen LogP contribution in [0.15, 0.2) is 16.7 Å². The van der Waals surface area contributed by atoms with Gasteiger partial charge in [-0.25, -0.2) is 4.39 Å². The van der Waals surface area contributed by atoms with E-state index in [1.54, 1.807) is 13.0 Å². The van der Waals surface area contributed by atoms with Gasteiger partial charge in [0.25, 0.3) is 0 Å². The van der Waals surface area contributed by atoms with E-state index in [0.717, 1.165) is 0 Å². The van der Waals surface area contributed by atoms with Crippen LogP contribution in [0.3, 0.4) is 0 Å². The molecule has 0 bridgehead atoms. The zero-order chi connectivity index (χ0) is 7.56. The lowest BCUT2D eigenvalue weighted by molar-refractivity contribution is 0.140. The zero-order valence-electron chi connectivity index (χ0n) is 5.67. The molecule has 0 aromatic carbocycles. The molecule has 56 valence electrons. The Morgan fingerprint density at radius 1 is 1.80 bits per heavy atom. The van der Waals surface area contributed by atoms with Gasteiger partial charge in [-0.05, 0) is 13.0 Å². The van der Waals surface area contributed by atoms with Crippen LogP contribution in [0.1, 0.15) is 17.4 Å². The summed E-state index contributed by atoms with van der Waals surface area (Å²) in [5.74, 6) is 0.574. The molecule has 1 N–H and O–H groups in total. The van der Waals surface area contributed by atoms with E-state index in [2.05, 4.69) is 0 Å². The topological polar surface area (TPSA) is 33.4 Å². The summed E-state index contributed by atoms with van der Waals surface area (Å²) in [7, 11) is 0. The normalized spacial score (nSPS) is 13.5. The highest BCUT2D eigenvalue weighted by Gasteiger charge is 2.10. The first-order valence-corrected chi connectivity index (χ1v) is 3.03. The Morgan fingerprint density at radius 2 is 2.50 bits per heavy atom. The molecular formula is C7H9FO2. The molecule has 1 aromatic rings. The number of halogens is 1. The van der Waals surface area contributed by atoms with Crippen LogP contribution >= 0.6 is 0 Å². The van der Waals surface area contributed by atoms with E-state index >= 15 is 0 Å². The molecule has 0 aliphatic rings. The van der Waals surface area contributed by atoms with Gasteiger partial charge in [-0.2, -0.15) is 0 Å². The first-order valence-electron chi connectivity index (χ1n) is 3.03. The minimum Gasteiger partial charge on any atom is -0.469 e. The molecule has 10 heavy (non-hydrogen) atoms. The van der Waals surface area contributed by atoms with Crippen molar-refractivity contribution in [2.45, 2.75) is 13.0 Å². The maximum Gasteiger partial charge on any atom is 0.120 e. The number of hydrogen-bond donors (Lipinski definition) is 1. The van der Waals surface area contributed by atoms with Gasteiger partial charge in [0.05, 0.1) is 6.26 Å². The summed E-state index contributed by atoms with van der Waals surface area (Å²) in [4.78, 5) is 0. The van der Waals surface area contributed by atoms with Crippen molar-refractivity contribution in [3.05, 3.63) is 23.7 Å². The highest BCUT2D eigenvalue weighted by molar-refractivity contribution is 5.18. The summed E-state index contributed by atoms with van der Waals surface area (Å²) in [6, 6.07) is 1.57. The molecule has 3 heteroatoms. The van der Waals surface area contributed by atoms with Gasteiger partial charge in [0.15, 0.2) is 0 Å². The van der Waals surface area contributed by atoms with Crippen LogP contribution < -0.4 is 0 Å². The largest absolute Gasteiger partial charge is 0.469 e. The van der Waals surface area contributed by atoms with Crippen molar-refractivity contribution in [1.82, 2.24) is 0 Å². The van der Waals surface area contributed by atoms with E-state index in [0.29, 0.717) is 11.3 Å². The Labute approximate surface area is 58.3 Å². The van der Waals surface area contributed by atoms with Crippen molar-refractivity contribution < 1.29 is 13.9 Å². The van der Waals surface area contributed by atoms with Crippen molar-refractivity contribution in [2.75, 3.05) is 6.67 Å². The third-order valence-corrected chi connectivity index (χ3v) is 1.40. The van der Waals surface area contributed by atoms with Gasteiger partial charge < -0.3 is 9.52 Å². The third kappa shape index (κ3) is 1.19. The van der Waals surface area contributed by atoms with Gasteiger partial charge in [-0.3, -0.25) is 0 Å². The molecule has 0 amide bonds. The number of hydrogen-bond acceptors (Lipinski definition) is 2. The number of aliphatic hydroxyl groups excluding tert-OH is 1. The molecule has 0 saturated heterocycles. The van der Waals surface area contributed by atoms with Crippen LogP contribution in [0, 0.1) is 6.92 Å². The molecule has 1 heterocycles. The monoisotopic (exact) mass is 144 g/mol. The second-order valence-corrected chi connectivity index (χ2v) is 2.10. The Morgan fingerprint density at radius 3 is 2.90 bits per heavy atom.